The molecule has 9 rings (SSSR count). The summed E-state index contributed by atoms with van der Waals surface area (Å²) in [5.41, 5.74) is 1.51. The lowest BCUT2D eigenvalue weighted by atomic mass is 9.80. The number of rotatable bonds is 18. The molecular weight excluding hydrogens is 880 g/mol. The standard InChI is InChI=1S/C52H57N6O7PSi/c1-36(2)49(59)55-51-54-48-47(50(60)56-51)53-35-57(48)32-42(33-63-52(37-16-9-6-10-17-37,38-23-27-40(61-3)28-24-38)39-25-29-41(62-4)30-26-39)64-66-58-31-15-22-45(58)46(65-66)34-67(5,43-18-11-7-12-19-43)44-20-13-8-14-21-44/h6-14,16-21,23-30,35-36,42,45-46H,15,22,31-34H2,1-5H3,(H2,54,55,56,59,60)/t42-,45-,46+,66+/m0/s1. The minimum absolute atomic E-state index is 0.0454. The van der Waals surface area contributed by atoms with E-state index in [0.717, 1.165) is 53.6 Å². The molecule has 2 aliphatic heterocycles. The fourth-order valence-electron chi connectivity index (χ4n) is 9.44. The summed E-state index contributed by atoms with van der Waals surface area (Å²) in [5.74, 6) is 0.885. The fraction of sp³-hybridized carbons (Fsp3) is 0.308. The second-order valence-electron chi connectivity index (χ2n) is 17.7. The molecule has 2 aliphatic rings. The lowest BCUT2D eigenvalue weighted by Crippen LogP contribution is -2.58. The molecule has 0 aliphatic carbocycles. The van der Waals surface area contributed by atoms with E-state index in [9.17, 15) is 9.59 Å². The van der Waals surface area contributed by atoms with Gasteiger partial charge >= 0.3 is 0 Å². The van der Waals surface area contributed by atoms with Crippen LogP contribution in [0.15, 0.2) is 151 Å². The van der Waals surface area contributed by atoms with Crippen LogP contribution in [0, 0.1) is 5.92 Å². The van der Waals surface area contributed by atoms with E-state index in [2.05, 4.69) is 99.3 Å². The van der Waals surface area contributed by atoms with Gasteiger partial charge in [-0.1, -0.05) is 146 Å². The van der Waals surface area contributed by atoms with Crippen LogP contribution in [-0.4, -0.2) is 83.8 Å². The zero-order valence-corrected chi connectivity index (χ0v) is 40.4. The highest BCUT2D eigenvalue weighted by atomic mass is 31.2. The van der Waals surface area contributed by atoms with Crippen LogP contribution >= 0.6 is 8.53 Å². The van der Waals surface area contributed by atoms with Crippen LogP contribution in [0.2, 0.25) is 12.6 Å². The van der Waals surface area contributed by atoms with Crippen LogP contribution in [0.4, 0.5) is 5.95 Å². The molecule has 7 aromatic rings. The molecule has 346 valence electrons. The van der Waals surface area contributed by atoms with Crippen LogP contribution in [0.5, 0.6) is 11.5 Å². The van der Waals surface area contributed by atoms with Crippen LogP contribution in [0.3, 0.4) is 0 Å². The number of imidazole rings is 1. The van der Waals surface area contributed by atoms with Crippen molar-refractivity contribution in [3.05, 3.63) is 173 Å². The van der Waals surface area contributed by atoms with Crippen molar-refractivity contribution in [1.82, 2.24) is 24.2 Å². The first kappa shape index (κ1) is 46.1. The third-order valence-electron chi connectivity index (χ3n) is 13.1. The fourth-order valence-corrected chi connectivity index (χ4v) is 15.3. The Bertz CT molecular complexity index is 2730. The average molecular weight is 937 g/mol. The summed E-state index contributed by atoms with van der Waals surface area (Å²) in [6.45, 7) is 7.15. The highest BCUT2D eigenvalue weighted by Gasteiger charge is 2.51. The first-order chi connectivity index (χ1) is 32.6. The molecule has 2 aromatic heterocycles. The summed E-state index contributed by atoms with van der Waals surface area (Å²) in [6.07, 6.45) is 2.94. The van der Waals surface area contributed by atoms with Crippen molar-refractivity contribution in [2.24, 2.45) is 5.92 Å². The summed E-state index contributed by atoms with van der Waals surface area (Å²) < 4.78 is 37.5. The number of anilines is 1. The van der Waals surface area contributed by atoms with Crippen molar-refractivity contribution < 1.29 is 28.1 Å². The van der Waals surface area contributed by atoms with Crippen LogP contribution < -0.4 is 30.7 Å². The van der Waals surface area contributed by atoms with Gasteiger partial charge in [0.1, 0.15) is 31.3 Å². The van der Waals surface area contributed by atoms with Gasteiger partial charge in [0.2, 0.25) is 11.9 Å². The number of nitrogens with one attached hydrogen (secondary N) is 2. The number of amides is 1. The Kier molecular flexibility index (Phi) is 13.8. The molecule has 5 aromatic carbocycles. The number of fused-ring (bicyclic) bond motifs is 2. The van der Waals surface area contributed by atoms with E-state index >= 15 is 0 Å². The first-order valence-corrected chi connectivity index (χ1v) is 26.7. The summed E-state index contributed by atoms with van der Waals surface area (Å²) in [4.78, 5) is 38.1. The number of hydrogen-bond donors (Lipinski definition) is 2. The summed E-state index contributed by atoms with van der Waals surface area (Å²) in [6, 6.07) is 48.9. The minimum Gasteiger partial charge on any atom is -0.497 e. The van der Waals surface area contributed by atoms with Crippen molar-refractivity contribution in [3.8, 4) is 11.5 Å². The first-order valence-electron chi connectivity index (χ1n) is 22.9. The number of methoxy groups -OCH3 is 2. The van der Waals surface area contributed by atoms with Crippen molar-refractivity contribution in [3.63, 3.8) is 0 Å². The molecular formula is C52H57N6O7PSi. The zero-order chi connectivity index (χ0) is 46.5. The molecule has 0 bridgehead atoms. The molecule has 2 saturated heterocycles. The van der Waals surface area contributed by atoms with Gasteiger partial charge in [-0.3, -0.25) is 19.9 Å². The van der Waals surface area contributed by atoms with Gasteiger partial charge in [0.15, 0.2) is 11.2 Å². The predicted molar refractivity (Wildman–Crippen MR) is 265 cm³/mol. The lowest BCUT2D eigenvalue weighted by Gasteiger charge is -2.37. The van der Waals surface area contributed by atoms with E-state index in [1.165, 1.54) is 10.4 Å². The van der Waals surface area contributed by atoms with Crippen LogP contribution in [-0.2, 0) is 30.7 Å². The van der Waals surface area contributed by atoms with Crippen molar-refractivity contribution in [2.45, 2.75) is 69.7 Å². The molecule has 0 spiro atoms. The maximum absolute atomic E-state index is 13.4. The van der Waals surface area contributed by atoms with Gasteiger partial charge < -0.3 is 27.8 Å². The number of benzene rings is 5. The summed E-state index contributed by atoms with van der Waals surface area (Å²) in [7, 11) is -0.564. The average Bonchev–Trinajstić information content (AvgIpc) is 4.10. The van der Waals surface area contributed by atoms with E-state index in [1.54, 1.807) is 39.0 Å². The van der Waals surface area contributed by atoms with Gasteiger partial charge in [-0.2, -0.15) is 4.98 Å². The zero-order valence-electron chi connectivity index (χ0n) is 38.5. The smallest absolute Gasteiger partial charge is 0.280 e. The molecule has 0 unspecified atom stereocenters. The Morgan fingerprint density at radius 1 is 0.851 bits per heavy atom. The Morgan fingerprint density at radius 3 is 1.99 bits per heavy atom. The van der Waals surface area contributed by atoms with E-state index in [-0.39, 0.29) is 48.6 Å². The number of carbonyl (C=O) groups excluding carboxylic acids is 1. The third-order valence-corrected chi connectivity index (χ3v) is 19.4. The van der Waals surface area contributed by atoms with E-state index in [1.807, 2.05) is 66.7 Å². The predicted octanol–water partition coefficient (Wildman–Crippen LogP) is 8.11. The number of aromatic amines is 1. The van der Waals surface area contributed by atoms with E-state index < -0.39 is 33.9 Å². The topological polar surface area (TPSA) is 142 Å². The van der Waals surface area contributed by atoms with Gasteiger partial charge in [0.05, 0.1) is 39.8 Å². The number of aromatic nitrogens is 4. The molecule has 2 N–H and O–H groups in total. The van der Waals surface area contributed by atoms with Crippen LogP contribution in [0.25, 0.3) is 11.2 Å². The van der Waals surface area contributed by atoms with Crippen LogP contribution in [0.1, 0.15) is 43.4 Å². The maximum atomic E-state index is 13.4. The molecule has 13 nitrogen and oxygen atoms in total. The van der Waals surface area contributed by atoms with Crippen molar-refractivity contribution >= 4 is 50.0 Å². The quantitative estimate of drug-likeness (QED) is 0.0493. The Hall–Kier alpha value is -5.99. The molecule has 1 amide bonds. The molecule has 0 saturated carbocycles. The number of nitrogens with zero attached hydrogens (tertiary/aromatic N) is 4. The number of ether oxygens (including phenoxy) is 3. The SMILES string of the molecule is COc1ccc(C(OC[C@H](Cn2cnc3c(=O)[nH]c(NC(=O)C(C)C)nc32)O[P@]2O[C@H](C[Si](C)(c3ccccc3)c3ccccc3)[C@@H]3CCCN32)(c2ccccc2)c2ccc(OC)cc2)cc1. The number of H-pyrrole nitrogens is 1. The molecule has 67 heavy (non-hydrogen) atoms. The molecule has 4 heterocycles. The van der Waals surface area contributed by atoms with Gasteiger partial charge in [-0.05, 0) is 59.8 Å². The minimum atomic E-state index is -2.30. The molecule has 0 radical (unpaired) electrons. The third kappa shape index (κ3) is 9.47. The molecule has 4 atom stereocenters. The molecule has 15 heteroatoms. The van der Waals surface area contributed by atoms with E-state index in [4.69, 9.17) is 28.2 Å². The Balaban J connectivity index is 1.11. The maximum Gasteiger partial charge on any atom is 0.280 e. The van der Waals surface area contributed by atoms with Gasteiger partial charge in [0, 0.05) is 18.5 Å². The van der Waals surface area contributed by atoms with Gasteiger partial charge in [-0.25, -0.2) is 9.65 Å². The molecule has 2 fully saturated rings. The van der Waals surface area contributed by atoms with Crippen molar-refractivity contribution in [2.75, 3.05) is 32.7 Å². The second kappa shape index (κ2) is 20.1. The highest BCUT2D eigenvalue weighted by Crippen LogP contribution is 2.58. The lowest BCUT2D eigenvalue weighted by molar-refractivity contribution is -0.118. The Morgan fingerprint density at radius 2 is 1.42 bits per heavy atom. The second-order valence-corrected chi connectivity index (χ2v) is 23.3. The normalized spacial score (nSPS) is 18.0. The Labute approximate surface area is 393 Å². The van der Waals surface area contributed by atoms with Crippen molar-refractivity contribution in [1.29, 1.82) is 0 Å². The van der Waals surface area contributed by atoms with Gasteiger partial charge in [-0.15, -0.1) is 0 Å². The summed E-state index contributed by atoms with van der Waals surface area (Å²) >= 11 is 0. The highest BCUT2D eigenvalue weighted by molar-refractivity contribution is 7.45. The summed E-state index contributed by atoms with van der Waals surface area (Å²) in [5, 5.41) is 5.48. The number of hydrogen-bond acceptors (Lipinski definition) is 10. The number of carbonyl (C=O) groups is 1. The van der Waals surface area contributed by atoms with E-state index in [0.29, 0.717) is 5.65 Å². The van der Waals surface area contributed by atoms with Gasteiger partial charge in [0.25, 0.3) is 14.1 Å². The monoisotopic (exact) mass is 936 g/mol. The largest absolute Gasteiger partial charge is 0.497 e.